The average molecular weight is 355 g/mol. The topological polar surface area (TPSA) is 81.7 Å². The van der Waals surface area contributed by atoms with Crippen LogP contribution in [0.2, 0.25) is 0 Å². The molecular formula is C17H25NO5S. The molecule has 0 aromatic heterocycles. The molecule has 1 fully saturated rings. The maximum Gasteiger partial charge on any atom is 0.258 e. The van der Waals surface area contributed by atoms with Crippen LogP contribution in [0.25, 0.3) is 0 Å². The lowest BCUT2D eigenvalue weighted by Gasteiger charge is -2.12. The lowest BCUT2D eigenvalue weighted by molar-refractivity contribution is -0.123. The minimum Gasteiger partial charge on any atom is -0.494 e. The van der Waals surface area contributed by atoms with Gasteiger partial charge in [-0.3, -0.25) is 4.79 Å². The molecule has 134 valence electrons. The van der Waals surface area contributed by atoms with E-state index in [1.807, 2.05) is 0 Å². The first-order valence-electron chi connectivity index (χ1n) is 8.19. The van der Waals surface area contributed by atoms with Gasteiger partial charge in [-0.15, -0.1) is 0 Å². The molecule has 0 radical (unpaired) electrons. The number of hydrogen-bond acceptors (Lipinski definition) is 5. The zero-order valence-electron chi connectivity index (χ0n) is 14.2. The maximum absolute atomic E-state index is 11.8. The molecule has 2 rings (SSSR count). The molecule has 1 unspecified atom stereocenters. The van der Waals surface area contributed by atoms with E-state index in [1.54, 1.807) is 24.3 Å². The van der Waals surface area contributed by atoms with Crippen LogP contribution < -0.4 is 14.8 Å². The second-order valence-corrected chi connectivity index (χ2v) is 8.69. The third-order valence-corrected chi connectivity index (χ3v) is 5.52. The number of nitrogens with one attached hydrogen (secondary N) is 1. The molecular weight excluding hydrogens is 330 g/mol. The molecule has 24 heavy (non-hydrogen) atoms. The van der Waals surface area contributed by atoms with Crippen molar-refractivity contribution in [2.24, 2.45) is 5.92 Å². The van der Waals surface area contributed by atoms with Gasteiger partial charge in [-0.25, -0.2) is 8.42 Å². The maximum atomic E-state index is 11.8. The molecule has 1 N–H and O–H groups in total. The Morgan fingerprint density at radius 1 is 1.21 bits per heavy atom. The summed E-state index contributed by atoms with van der Waals surface area (Å²) in [4.78, 5) is 11.8. The molecule has 1 aliphatic heterocycles. The van der Waals surface area contributed by atoms with Crippen LogP contribution in [0.4, 0.5) is 0 Å². The predicted molar refractivity (Wildman–Crippen MR) is 92.1 cm³/mol. The molecule has 1 aromatic rings. The molecule has 1 aliphatic rings. The second-order valence-electron chi connectivity index (χ2n) is 6.46. The van der Waals surface area contributed by atoms with Gasteiger partial charge in [0.1, 0.15) is 11.5 Å². The number of carbonyl (C=O) groups is 1. The summed E-state index contributed by atoms with van der Waals surface area (Å²) in [6.07, 6.45) is 1.46. The second kappa shape index (κ2) is 8.37. The molecule has 0 aliphatic carbocycles. The highest BCUT2D eigenvalue weighted by atomic mass is 32.2. The SMILES string of the molecule is CC(C)CCOc1ccc(OCC(=O)NC2CCS(=O)(=O)C2)cc1. The van der Waals surface area contributed by atoms with Crippen molar-refractivity contribution >= 4 is 15.7 Å². The lowest BCUT2D eigenvalue weighted by Crippen LogP contribution is -2.38. The first-order chi connectivity index (χ1) is 11.3. The van der Waals surface area contributed by atoms with Crippen LogP contribution in [0.1, 0.15) is 26.7 Å². The van der Waals surface area contributed by atoms with E-state index in [0.29, 0.717) is 24.7 Å². The Kier molecular flexibility index (Phi) is 6.48. The average Bonchev–Trinajstić information content (AvgIpc) is 2.85. The van der Waals surface area contributed by atoms with Crippen molar-refractivity contribution < 1.29 is 22.7 Å². The monoisotopic (exact) mass is 355 g/mol. The fourth-order valence-corrected chi connectivity index (χ4v) is 4.04. The van der Waals surface area contributed by atoms with Crippen molar-refractivity contribution in [2.75, 3.05) is 24.7 Å². The summed E-state index contributed by atoms with van der Waals surface area (Å²) in [5, 5.41) is 2.69. The smallest absolute Gasteiger partial charge is 0.258 e. The van der Waals surface area contributed by atoms with Crippen LogP contribution in [-0.4, -0.2) is 45.1 Å². The van der Waals surface area contributed by atoms with E-state index in [0.717, 1.165) is 12.2 Å². The van der Waals surface area contributed by atoms with Crippen LogP contribution in [0.15, 0.2) is 24.3 Å². The molecule has 1 aromatic carbocycles. The Bertz CT molecular complexity index is 639. The minimum absolute atomic E-state index is 0.0150. The van der Waals surface area contributed by atoms with Gasteiger partial charge >= 0.3 is 0 Å². The van der Waals surface area contributed by atoms with E-state index < -0.39 is 9.84 Å². The molecule has 0 saturated carbocycles. The first kappa shape index (κ1) is 18.6. The van der Waals surface area contributed by atoms with Gasteiger partial charge in [-0.1, -0.05) is 13.8 Å². The number of benzene rings is 1. The standard InChI is InChI=1S/C17H25NO5S/c1-13(2)7-9-22-15-3-5-16(6-4-15)23-11-17(19)18-14-8-10-24(20,21)12-14/h3-6,13-14H,7-12H2,1-2H3,(H,18,19). The van der Waals surface area contributed by atoms with Gasteiger partial charge in [0.15, 0.2) is 16.4 Å². The van der Waals surface area contributed by atoms with E-state index in [-0.39, 0.29) is 30.1 Å². The van der Waals surface area contributed by atoms with Crippen LogP contribution in [-0.2, 0) is 14.6 Å². The molecule has 7 heteroatoms. The Balaban J connectivity index is 1.71. The number of sulfone groups is 1. The van der Waals surface area contributed by atoms with Crippen molar-refractivity contribution in [3.8, 4) is 11.5 Å². The highest BCUT2D eigenvalue weighted by Crippen LogP contribution is 2.18. The molecule has 1 heterocycles. The van der Waals surface area contributed by atoms with Crippen molar-refractivity contribution in [1.29, 1.82) is 0 Å². The Morgan fingerprint density at radius 2 is 1.83 bits per heavy atom. The quantitative estimate of drug-likeness (QED) is 0.769. The third kappa shape index (κ3) is 6.39. The van der Waals surface area contributed by atoms with Crippen LogP contribution in [0.5, 0.6) is 11.5 Å². The normalized spacial score (nSPS) is 19.2. The summed E-state index contributed by atoms with van der Waals surface area (Å²) in [6.45, 7) is 4.83. The molecule has 0 spiro atoms. The van der Waals surface area contributed by atoms with E-state index >= 15 is 0 Å². The molecule has 6 nitrogen and oxygen atoms in total. The summed E-state index contributed by atoms with van der Waals surface area (Å²) in [5.74, 6) is 1.78. The predicted octanol–water partition coefficient (Wildman–Crippen LogP) is 1.79. The number of hydrogen-bond donors (Lipinski definition) is 1. The number of ether oxygens (including phenoxy) is 2. The lowest BCUT2D eigenvalue weighted by atomic mass is 10.1. The van der Waals surface area contributed by atoms with Crippen molar-refractivity contribution in [3.05, 3.63) is 24.3 Å². The Labute approximate surface area is 143 Å². The van der Waals surface area contributed by atoms with Crippen molar-refractivity contribution in [2.45, 2.75) is 32.7 Å². The van der Waals surface area contributed by atoms with Gasteiger partial charge in [0.05, 0.1) is 18.1 Å². The van der Waals surface area contributed by atoms with Crippen molar-refractivity contribution in [1.82, 2.24) is 5.32 Å². The van der Waals surface area contributed by atoms with E-state index in [1.165, 1.54) is 0 Å². The summed E-state index contributed by atoms with van der Waals surface area (Å²) >= 11 is 0. The summed E-state index contributed by atoms with van der Waals surface area (Å²) < 4.78 is 33.7. The Morgan fingerprint density at radius 3 is 2.38 bits per heavy atom. The largest absolute Gasteiger partial charge is 0.494 e. The van der Waals surface area contributed by atoms with Crippen LogP contribution in [0.3, 0.4) is 0 Å². The van der Waals surface area contributed by atoms with Gasteiger partial charge in [0.2, 0.25) is 0 Å². The zero-order chi connectivity index (χ0) is 17.6. The molecule has 1 amide bonds. The highest BCUT2D eigenvalue weighted by Gasteiger charge is 2.28. The Hall–Kier alpha value is -1.76. The van der Waals surface area contributed by atoms with Gasteiger partial charge in [0.25, 0.3) is 5.91 Å². The van der Waals surface area contributed by atoms with Gasteiger partial charge in [0, 0.05) is 6.04 Å². The summed E-state index contributed by atoms with van der Waals surface area (Å²) in [7, 11) is -3.00. The van der Waals surface area contributed by atoms with Gasteiger partial charge in [-0.2, -0.15) is 0 Å². The zero-order valence-corrected chi connectivity index (χ0v) is 15.0. The number of amides is 1. The number of carbonyl (C=O) groups excluding carboxylic acids is 1. The molecule has 1 atom stereocenters. The molecule has 0 bridgehead atoms. The van der Waals surface area contributed by atoms with Gasteiger partial charge < -0.3 is 14.8 Å². The van der Waals surface area contributed by atoms with E-state index in [4.69, 9.17) is 9.47 Å². The summed E-state index contributed by atoms with van der Waals surface area (Å²) in [5.41, 5.74) is 0. The van der Waals surface area contributed by atoms with Gasteiger partial charge in [-0.05, 0) is 43.0 Å². The summed E-state index contributed by atoms with van der Waals surface area (Å²) in [6, 6.07) is 6.80. The fourth-order valence-electron chi connectivity index (χ4n) is 2.37. The highest BCUT2D eigenvalue weighted by molar-refractivity contribution is 7.91. The number of rotatable bonds is 8. The van der Waals surface area contributed by atoms with Crippen LogP contribution in [0, 0.1) is 5.92 Å². The van der Waals surface area contributed by atoms with Crippen molar-refractivity contribution in [3.63, 3.8) is 0 Å². The van der Waals surface area contributed by atoms with E-state index in [9.17, 15) is 13.2 Å². The fraction of sp³-hybridized carbons (Fsp3) is 0.588. The first-order valence-corrected chi connectivity index (χ1v) is 10.0. The van der Waals surface area contributed by atoms with E-state index in [2.05, 4.69) is 19.2 Å². The molecule has 1 saturated heterocycles. The minimum atomic E-state index is -3.00. The van der Waals surface area contributed by atoms with Crippen LogP contribution >= 0.6 is 0 Å². The third-order valence-electron chi connectivity index (χ3n) is 3.76.